The first-order valence-electron chi connectivity index (χ1n) is 6.78. The van der Waals surface area contributed by atoms with Gasteiger partial charge in [0.15, 0.2) is 5.78 Å². The number of carbonyl (C=O) groups excluding carboxylic acids is 1. The molecule has 3 rings (SSSR count). The summed E-state index contributed by atoms with van der Waals surface area (Å²) in [6, 6.07) is 8.25. The van der Waals surface area contributed by atoms with Crippen molar-refractivity contribution in [3.05, 3.63) is 35.2 Å². The number of rotatable bonds is 3. The van der Waals surface area contributed by atoms with Gasteiger partial charge in [-0.3, -0.25) is 4.79 Å². The molecule has 0 bridgehead atoms. The van der Waals surface area contributed by atoms with Crippen LogP contribution < -0.4 is 0 Å². The molecule has 0 aliphatic heterocycles. The lowest BCUT2D eigenvalue weighted by Crippen LogP contribution is -2.27. The zero-order valence-electron chi connectivity index (χ0n) is 10.7. The maximum Gasteiger partial charge on any atom is 0.170 e. The molecule has 0 saturated heterocycles. The molecule has 0 radical (unpaired) electrons. The average Bonchev–Trinajstić information content (AvgIpc) is 3.05. The van der Waals surface area contributed by atoms with Crippen molar-refractivity contribution in [2.24, 2.45) is 5.41 Å². The molecule has 2 heteroatoms. The van der Waals surface area contributed by atoms with Gasteiger partial charge in [0, 0.05) is 26.4 Å². The molecule has 1 aliphatic carbocycles. The Morgan fingerprint density at radius 3 is 2.72 bits per heavy atom. The molecule has 1 aliphatic rings. The molecule has 2 aromatic rings. The van der Waals surface area contributed by atoms with Crippen molar-refractivity contribution in [1.29, 1.82) is 0 Å². The number of ketones is 1. The molecule has 1 nitrogen and oxygen atoms in total. The van der Waals surface area contributed by atoms with Gasteiger partial charge >= 0.3 is 0 Å². The fourth-order valence-corrected chi connectivity index (χ4v) is 4.17. The van der Waals surface area contributed by atoms with E-state index in [-0.39, 0.29) is 5.41 Å². The highest BCUT2D eigenvalue weighted by atomic mass is 32.1. The van der Waals surface area contributed by atoms with Gasteiger partial charge in [-0.2, -0.15) is 0 Å². The number of fused-ring (bicyclic) bond motifs is 1. The number of Topliss-reactive ketones (excluding diaryl/α,β-unsaturated/α-hetero) is 1. The van der Waals surface area contributed by atoms with Gasteiger partial charge in [-0.05, 0) is 25.3 Å². The van der Waals surface area contributed by atoms with Crippen molar-refractivity contribution < 1.29 is 4.79 Å². The number of benzene rings is 1. The molecule has 0 atom stereocenters. The molecule has 0 N–H and O–H groups in total. The Bertz CT molecular complexity index is 576. The van der Waals surface area contributed by atoms with Crippen LogP contribution in [0.15, 0.2) is 29.6 Å². The summed E-state index contributed by atoms with van der Waals surface area (Å²) in [5.74, 6) is 0.389. The summed E-state index contributed by atoms with van der Waals surface area (Å²) in [7, 11) is 0. The van der Waals surface area contributed by atoms with Crippen LogP contribution in [0.1, 0.15) is 49.4 Å². The van der Waals surface area contributed by atoms with Crippen molar-refractivity contribution in [2.75, 3.05) is 0 Å². The van der Waals surface area contributed by atoms with Crippen LogP contribution in [0.2, 0.25) is 0 Å². The molecule has 18 heavy (non-hydrogen) atoms. The van der Waals surface area contributed by atoms with Crippen LogP contribution in [0.3, 0.4) is 0 Å². The summed E-state index contributed by atoms with van der Waals surface area (Å²) in [4.78, 5) is 12.9. The predicted octanol–water partition coefficient (Wildman–Crippen LogP) is 5.05. The second-order valence-electron chi connectivity index (χ2n) is 5.32. The highest BCUT2D eigenvalue weighted by Crippen LogP contribution is 2.45. The quantitative estimate of drug-likeness (QED) is 0.704. The zero-order chi connectivity index (χ0) is 12.6. The molecule has 0 amide bonds. The van der Waals surface area contributed by atoms with Crippen molar-refractivity contribution in [2.45, 2.75) is 39.0 Å². The minimum Gasteiger partial charge on any atom is -0.294 e. The van der Waals surface area contributed by atoms with E-state index in [2.05, 4.69) is 24.4 Å². The van der Waals surface area contributed by atoms with E-state index in [1.165, 1.54) is 17.5 Å². The Morgan fingerprint density at radius 1 is 1.28 bits per heavy atom. The third-order valence-corrected chi connectivity index (χ3v) is 5.41. The first kappa shape index (κ1) is 11.9. The SMILES string of the molecule is CCC1(C(=O)c2csc3ccccc23)CCCC1. The first-order valence-corrected chi connectivity index (χ1v) is 7.66. The van der Waals surface area contributed by atoms with E-state index in [0.29, 0.717) is 5.78 Å². The summed E-state index contributed by atoms with van der Waals surface area (Å²) in [6.45, 7) is 2.16. The fraction of sp³-hybridized carbons (Fsp3) is 0.438. The predicted molar refractivity (Wildman–Crippen MR) is 77.3 cm³/mol. The monoisotopic (exact) mass is 258 g/mol. The highest BCUT2D eigenvalue weighted by molar-refractivity contribution is 7.17. The van der Waals surface area contributed by atoms with E-state index in [4.69, 9.17) is 0 Å². The van der Waals surface area contributed by atoms with Crippen LogP contribution >= 0.6 is 11.3 Å². The Labute approximate surface area is 112 Å². The molecule has 0 spiro atoms. The van der Waals surface area contributed by atoms with E-state index in [9.17, 15) is 4.79 Å². The van der Waals surface area contributed by atoms with Gasteiger partial charge in [-0.15, -0.1) is 11.3 Å². The average molecular weight is 258 g/mol. The van der Waals surface area contributed by atoms with Gasteiger partial charge in [0.05, 0.1) is 0 Å². The Morgan fingerprint density at radius 2 is 2.00 bits per heavy atom. The standard InChI is InChI=1S/C16H18OS/c1-2-16(9-5-6-10-16)15(17)13-11-18-14-8-4-3-7-12(13)14/h3-4,7-8,11H,2,5-6,9-10H2,1H3. The molecule has 94 valence electrons. The Hall–Kier alpha value is -1.15. The lowest BCUT2D eigenvalue weighted by molar-refractivity contribution is 0.0793. The molecular weight excluding hydrogens is 240 g/mol. The fourth-order valence-electron chi connectivity index (χ4n) is 3.23. The lowest BCUT2D eigenvalue weighted by atomic mass is 9.76. The molecule has 1 saturated carbocycles. The van der Waals surface area contributed by atoms with Crippen LogP contribution in [0.4, 0.5) is 0 Å². The minimum atomic E-state index is -0.0656. The van der Waals surface area contributed by atoms with E-state index in [1.807, 2.05) is 12.1 Å². The van der Waals surface area contributed by atoms with Crippen LogP contribution in [-0.2, 0) is 0 Å². The Balaban J connectivity index is 2.06. The summed E-state index contributed by atoms with van der Waals surface area (Å²) >= 11 is 1.69. The van der Waals surface area contributed by atoms with Gasteiger partial charge < -0.3 is 0 Å². The second-order valence-corrected chi connectivity index (χ2v) is 6.23. The van der Waals surface area contributed by atoms with Crippen molar-refractivity contribution in [3.8, 4) is 0 Å². The maximum absolute atomic E-state index is 12.9. The van der Waals surface area contributed by atoms with Crippen LogP contribution in [-0.4, -0.2) is 5.78 Å². The van der Waals surface area contributed by atoms with Crippen LogP contribution in [0.5, 0.6) is 0 Å². The zero-order valence-corrected chi connectivity index (χ0v) is 11.6. The van der Waals surface area contributed by atoms with Crippen LogP contribution in [0, 0.1) is 5.41 Å². The summed E-state index contributed by atoms with van der Waals surface area (Å²) in [6.07, 6.45) is 5.55. The molecule has 1 aromatic heterocycles. The first-order chi connectivity index (χ1) is 8.77. The normalized spacial score (nSPS) is 18.3. The topological polar surface area (TPSA) is 17.1 Å². The van der Waals surface area contributed by atoms with Gasteiger partial charge in [0.2, 0.25) is 0 Å². The number of carbonyl (C=O) groups is 1. The molecule has 1 fully saturated rings. The number of hydrogen-bond acceptors (Lipinski definition) is 2. The molecule has 1 aromatic carbocycles. The van der Waals surface area contributed by atoms with Crippen molar-refractivity contribution in [3.63, 3.8) is 0 Å². The molecule has 1 heterocycles. The molecular formula is C16H18OS. The van der Waals surface area contributed by atoms with Gasteiger partial charge in [0.1, 0.15) is 0 Å². The second kappa shape index (κ2) is 4.51. The lowest BCUT2D eigenvalue weighted by Gasteiger charge is -2.25. The van der Waals surface area contributed by atoms with Crippen LogP contribution in [0.25, 0.3) is 10.1 Å². The van der Waals surface area contributed by atoms with E-state index >= 15 is 0 Å². The third-order valence-electron chi connectivity index (χ3n) is 4.44. The van der Waals surface area contributed by atoms with E-state index < -0.39 is 0 Å². The number of thiophene rings is 1. The smallest absolute Gasteiger partial charge is 0.170 e. The molecule has 0 unspecified atom stereocenters. The number of hydrogen-bond donors (Lipinski definition) is 0. The van der Waals surface area contributed by atoms with Gasteiger partial charge in [0.25, 0.3) is 0 Å². The van der Waals surface area contributed by atoms with Crippen molar-refractivity contribution in [1.82, 2.24) is 0 Å². The van der Waals surface area contributed by atoms with E-state index in [1.54, 1.807) is 11.3 Å². The third kappa shape index (κ3) is 1.71. The summed E-state index contributed by atoms with van der Waals surface area (Å²) in [5, 5.41) is 3.20. The van der Waals surface area contributed by atoms with Gasteiger partial charge in [-0.1, -0.05) is 38.0 Å². The highest BCUT2D eigenvalue weighted by Gasteiger charge is 2.40. The Kier molecular flexibility index (Phi) is 2.98. The van der Waals surface area contributed by atoms with Gasteiger partial charge in [-0.25, -0.2) is 0 Å². The van der Waals surface area contributed by atoms with Crippen molar-refractivity contribution >= 4 is 27.2 Å². The minimum absolute atomic E-state index is 0.0656. The summed E-state index contributed by atoms with van der Waals surface area (Å²) in [5.41, 5.74) is 0.892. The largest absolute Gasteiger partial charge is 0.294 e. The van der Waals surface area contributed by atoms with E-state index in [0.717, 1.165) is 30.2 Å². The summed E-state index contributed by atoms with van der Waals surface area (Å²) < 4.78 is 1.23. The maximum atomic E-state index is 12.9.